The van der Waals surface area contributed by atoms with Gasteiger partial charge in [-0.25, -0.2) is 4.39 Å². The first-order chi connectivity index (χ1) is 9.29. The Morgan fingerprint density at radius 3 is 2.79 bits per heavy atom. The second kappa shape index (κ2) is 7.46. The molecule has 1 heterocycles. The lowest BCUT2D eigenvalue weighted by Crippen LogP contribution is -2.38. The van der Waals surface area contributed by atoms with Crippen LogP contribution in [-0.4, -0.2) is 44.4 Å². The third-order valence-electron chi connectivity index (χ3n) is 3.30. The highest BCUT2D eigenvalue weighted by atomic mass is 19.1. The Balaban J connectivity index is 1.78. The monoisotopic (exact) mass is 267 g/mol. The number of rotatable bonds is 6. The van der Waals surface area contributed by atoms with Gasteiger partial charge in [0.15, 0.2) is 11.6 Å². The molecule has 19 heavy (non-hydrogen) atoms. The highest BCUT2D eigenvalue weighted by molar-refractivity contribution is 5.29. The molecule has 106 valence electrons. The summed E-state index contributed by atoms with van der Waals surface area (Å²) in [5.41, 5.74) is 1.03. The van der Waals surface area contributed by atoms with Gasteiger partial charge in [-0.2, -0.15) is 0 Å². The van der Waals surface area contributed by atoms with Gasteiger partial charge in [-0.15, -0.1) is 0 Å². The molecule has 0 amide bonds. The van der Waals surface area contributed by atoms with Gasteiger partial charge in [-0.1, -0.05) is 19.4 Å². The van der Waals surface area contributed by atoms with E-state index >= 15 is 0 Å². The van der Waals surface area contributed by atoms with E-state index in [9.17, 15) is 4.39 Å². The fourth-order valence-electron chi connectivity index (χ4n) is 2.22. The minimum atomic E-state index is -0.257. The maximum atomic E-state index is 13.8. The summed E-state index contributed by atoms with van der Waals surface area (Å²) in [6.07, 6.45) is 1.93. The van der Waals surface area contributed by atoms with Crippen LogP contribution in [0.25, 0.3) is 0 Å². The minimum absolute atomic E-state index is 0.257. The van der Waals surface area contributed by atoms with Crippen LogP contribution in [0.5, 0.6) is 5.75 Å². The largest absolute Gasteiger partial charge is 0.489 e. The van der Waals surface area contributed by atoms with Gasteiger partial charge in [-0.3, -0.25) is 4.90 Å². The van der Waals surface area contributed by atoms with Crippen LogP contribution in [0.15, 0.2) is 18.2 Å². The number of hydrogen-bond acceptors (Lipinski definition) is 3. The fraction of sp³-hybridized carbons (Fsp3) is 0.600. The second-order valence-electron chi connectivity index (χ2n) is 4.82. The molecular weight excluding hydrogens is 245 g/mol. The first-order valence-electron chi connectivity index (χ1n) is 7.01. The lowest BCUT2D eigenvalue weighted by molar-refractivity contribution is 0.0320. The molecule has 0 bridgehead atoms. The predicted octanol–water partition coefficient (Wildman–Crippen LogP) is 2.49. The van der Waals surface area contributed by atoms with Crippen LogP contribution < -0.4 is 4.74 Å². The number of ether oxygens (including phenoxy) is 2. The Kier molecular flexibility index (Phi) is 5.61. The van der Waals surface area contributed by atoms with Crippen molar-refractivity contribution in [1.82, 2.24) is 4.90 Å². The van der Waals surface area contributed by atoms with Crippen molar-refractivity contribution in [3.8, 4) is 5.75 Å². The van der Waals surface area contributed by atoms with Crippen molar-refractivity contribution < 1.29 is 13.9 Å². The van der Waals surface area contributed by atoms with E-state index in [-0.39, 0.29) is 5.82 Å². The SMILES string of the molecule is CCCc1ccc(OCCN2CCOCC2)c(F)c1. The van der Waals surface area contributed by atoms with Gasteiger partial charge in [-0.05, 0) is 24.1 Å². The molecule has 0 spiro atoms. The molecule has 0 aliphatic carbocycles. The molecule has 1 aromatic carbocycles. The summed E-state index contributed by atoms with van der Waals surface area (Å²) < 4.78 is 24.6. The molecule has 0 unspecified atom stereocenters. The van der Waals surface area contributed by atoms with Gasteiger partial charge in [0.1, 0.15) is 6.61 Å². The van der Waals surface area contributed by atoms with Gasteiger partial charge < -0.3 is 9.47 Å². The minimum Gasteiger partial charge on any atom is -0.489 e. The fourth-order valence-corrected chi connectivity index (χ4v) is 2.22. The van der Waals surface area contributed by atoms with E-state index < -0.39 is 0 Å². The number of aryl methyl sites for hydroxylation is 1. The molecular formula is C15H22FNO2. The molecule has 3 nitrogen and oxygen atoms in total. The summed E-state index contributed by atoms with van der Waals surface area (Å²) in [5, 5.41) is 0. The number of nitrogens with zero attached hydrogens (tertiary/aromatic N) is 1. The zero-order chi connectivity index (χ0) is 13.5. The molecule has 1 aliphatic heterocycles. The third-order valence-corrected chi connectivity index (χ3v) is 3.30. The molecule has 0 radical (unpaired) electrons. The van der Waals surface area contributed by atoms with Crippen LogP contribution in [-0.2, 0) is 11.2 Å². The van der Waals surface area contributed by atoms with Crippen LogP contribution in [0.4, 0.5) is 4.39 Å². The summed E-state index contributed by atoms with van der Waals surface area (Å²) in [4.78, 5) is 2.27. The van der Waals surface area contributed by atoms with E-state index in [0.717, 1.165) is 51.3 Å². The number of halogens is 1. The van der Waals surface area contributed by atoms with Crippen molar-refractivity contribution in [2.45, 2.75) is 19.8 Å². The number of morpholine rings is 1. The van der Waals surface area contributed by atoms with Crippen LogP contribution in [0, 0.1) is 5.82 Å². The molecule has 0 saturated carbocycles. The van der Waals surface area contributed by atoms with Gasteiger partial charge in [0.05, 0.1) is 13.2 Å². The average molecular weight is 267 g/mol. The normalized spacial score (nSPS) is 16.5. The topological polar surface area (TPSA) is 21.7 Å². The summed E-state index contributed by atoms with van der Waals surface area (Å²) in [7, 11) is 0. The summed E-state index contributed by atoms with van der Waals surface area (Å²) >= 11 is 0. The van der Waals surface area contributed by atoms with Gasteiger partial charge in [0.25, 0.3) is 0 Å². The summed E-state index contributed by atoms with van der Waals surface area (Å²) in [6, 6.07) is 5.25. The van der Waals surface area contributed by atoms with E-state index in [1.807, 2.05) is 6.07 Å². The van der Waals surface area contributed by atoms with Gasteiger partial charge >= 0.3 is 0 Å². The third kappa shape index (κ3) is 4.48. The van der Waals surface area contributed by atoms with Crippen molar-refractivity contribution in [2.24, 2.45) is 0 Å². The first kappa shape index (κ1) is 14.3. The molecule has 0 aromatic heterocycles. The lowest BCUT2D eigenvalue weighted by Gasteiger charge is -2.26. The smallest absolute Gasteiger partial charge is 0.165 e. The Labute approximate surface area is 114 Å². The summed E-state index contributed by atoms with van der Waals surface area (Å²) in [5.74, 6) is 0.0982. The van der Waals surface area contributed by atoms with Crippen molar-refractivity contribution in [2.75, 3.05) is 39.5 Å². The average Bonchev–Trinajstić information content (AvgIpc) is 2.43. The van der Waals surface area contributed by atoms with Crippen LogP contribution >= 0.6 is 0 Å². The van der Waals surface area contributed by atoms with Crippen LogP contribution in [0.2, 0.25) is 0 Å². The molecule has 0 atom stereocenters. The molecule has 1 aromatic rings. The Morgan fingerprint density at radius 1 is 1.32 bits per heavy atom. The zero-order valence-corrected chi connectivity index (χ0v) is 11.5. The Bertz CT molecular complexity index is 392. The standard InChI is InChI=1S/C15H22FNO2/c1-2-3-13-4-5-15(14(16)12-13)19-11-8-17-6-9-18-10-7-17/h4-5,12H,2-3,6-11H2,1H3. The maximum Gasteiger partial charge on any atom is 0.165 e. The van der Waals surface area contributed by atoms with Crippen LogP contribution in [0.1, 0.15) is 18.9 Å². The Morgan fingerprint density at radius 2 is 2.11 bits per heavy atom. The molecule has 1 aliphatic rings. The van der Waals surface area contributed by atoms with E-state index in [0.29, 0.717) is 12.4 Å². The molecule has 1 fully saturated rings. The molecule has 1 saturated heterocycles. The number of benzene rings is 1. The van der Waals surface area contributed by atoms with E-state index in [2.05, 4.69) is 11.8 Å². The van der Waals surface area contributed by atoms with E-state index in [4.69, 9.17) is 9.47 Å². The van der Waals surface area contributed by atoms with Crippen molar-refractivity contribution >= 4 is 0 Å². The highest BCUT2D eigenvalue weighted by Crippen LogP contribution is 2.19. The number of hydrogen-bond donors (Lipinski definition) is 0. The van der Waals surface area contributed by atoms with E-state index in [1.54, 1.807) is 12.1 Å². The van der Waals surface area contributed by atoms with Crippen molar-refractivity contribution in [3.05, 3.63) is 29.6 Å². The summed E-state index contributed by atoms with van der Waals surface area (Å²) in [6.45, 7) is 6.84. The molecule has 2 rings (SSSR count). The maximum absolute atomic E-state index is 13.8. The lowest BCUT2D eigenvalue weighted by atomic mass is 10.1. The Hall–Kier alpha value is -1.13. The van der Waals surface area contributed by atoms with Gasteiger partial charge in [0.2, 0.25) is 0 Å². The molecule has 0 N–H and O–H groups in total. The van der Waals surface area contributed by atoms with Gasteiger partial charge in [0, 0.05) is 19.6 Å². The predicted molar refractivity (Wildman–Crippen MR) is 73.1 cm³/mol. The first-order valence-corrected chi connectivity index (χ1v) is 7.01. The molecule has 4 heteroatoms. The van der Waals surface area contributed by atoms with Crippen molar-refractivity contribution in [1.29, 1.82) is 0 Å². The zero-order valence-electron chi connectivity index (χ0n) is 11.5. The van der Waals surface area contributed by atoms with E-state index in [1.165, 1.54) is 0 Å². The highest BCUT2D eigenvalue weighted by Gasteiger charge is 2.10. The van der Waals surface area contributed by atoms with Crippen molar-refractivity contribution in [3.63, 3.8) is 0 Å². The van der Waals surface area contributed by atoms with Crippen LogP contribution in [0.3, 0.4) is 0 Å². The quantitative estimate of drug-likeness (QED) is 0.790. The second-order valence-corrected chi connectivity index (χ2v) is 4.82.